The van der Waals surface area contributed by atoms with Crippen molar-refractivity contribution in [2.45, 2.75) is 32.5 Å². The van der Waals surface area contributed by atoms with Crippen molar-refractivity contribution < 1.29 is 4.74 Å². The van der Waals surface area contributed by atoms with Crippen molar-refractivity contribution >= 4 is 0 Å². The fourth-order valence-corrected chi connectivity index (χ4v) is 1.91. The lowest BCUT2D eigenvalue weighted by atomic mass is 10.2. The lowest BCUT2D eigenvalue weighted by Gasteiger charge is -2.29. The molecule has 5 nitrogen and oxygen atoms in total. The molecule has 18 heavy (non-hydrogen) atoms. The topological polar surface area (TPSA) is 50.3 Å². The Morgan fingerprint density at radius 2 is 2.39 bits per heavy atom. The Labute approximate surface area is 109 Å². The molecule has 0 radical (unpaired) electrons. The molecular formula is C13H22N4O. The molecule has 1 unspecified atom stereocenters. The first kappa shape index (κ1) is 13.4. The van der Waals surface area contributed by atoms with Crippen molar-refractivity contribution in [3.8, 4) is 0 Å². The number of nitrogens with zero attached hydrogens (tertiary/aromatic N) is 3. The van der Waals surface area contributed by atoms with Gasteiger partial charge in [-0.15, -0.1) is 0 Å². The molecule has 2 rings (SSSR count). The van der Waals surface area contributed by atoms with E-state index in [-0.39, 0.29) is 6.10 Å². The molecule has 1 aromatic heterocycles. The van der Waals surface area contributed by atoms with Gasteiger partial charge < -0.3 is 15.0 Å². The lowest BCUT2D eigenvalue weighted by Crippen LogP contribution is -2.36. The number of hydrogen-bond acceptors (Lipinski definition) is 5. The summed E-state index contributed by atoms with van der Waals surface area (Å²) in [6.45, 7) is 7.61. The molecule has 0 bridgehead atoms. The molecule has 0 aliphatic carbocycles. The van der Waals surface area contributed by atoms with Crippen LogP contribution in [0, 0.1) is 0 Å². The Bertz CT molecular complexity index is 383. The molecule has 0 amide bonds. The fraction of sp³-hybridized carbons (Fsp3) is 0.692. The summed E-state index contributed by atoms with van der Waals surface area (Å²) in [5.41, 5.74) is 1.02. The summed E-state index contributed by atoms with van der Waals surface area (Å²) >= 11 is 0. The van der Waals surface area contributed by atoms with E-state index < -0.39 is 0 Å². The van der Waals surface area contributed by atoms with E-state index in [1.54, 1.807) is 0 Å². The van der Waals surface area contributed by atoms with E-state index in [0.717, 1.165) is 37.8 Å². The average Bonchev–Trinajstić information content (AvgIpc) is 2.37. The van der Waals surface area contributed by atoms with Gasteiger partial charge in [0.25, 0.3) is 0 Å². The second kappa shape index (κ2) is 6.22. The van der Waals surface area contributed by atoms with Gasteiger partial charge in [0.05, 0.1) is 12.3 Å². The molecule has 1 aliphatic heterocycles. The van der Waals surface area contributed by atoms with Crippen LogP contribution in [0.3, 0.4) is 0 Å². The van der Waals surface area contributed by atoms with Gasteiger partial charge >= 0.3 is 0 Å². The van der Waals surface area contributed by atoms with Gasteiger partial charge in [0, 0.05) is 31.9 Å². The van der Waals surface area contributed by atoms with Gasteiger partial charge in [-0.2, -0.15) is 0 Å². The molecule has 100 valence electrons. The quantitative estimate of drug-likeness (QED) is 0.863. The van der Waals surface area contributed by atoms with Crippen LogP contribution in [0.15, 0.2) is 12.3 Å². The first-order valence-electron chi connectivity index (χ1n) is 6.50. The van der Waals surface area contributed by atoms with Crippen molar-refractivity contribution in [3.05, 3.63) is 23.8 Å². The predicted octanol–water partition coefficient (Wildman–Crippen LogP) is 0.978. The van der Waals surface area contributed by atoms with Gasteiger partial charge in [0.15, 0.2) is 5.82 Å². The van der Waals surface area contributed by atoms with Gasteiger partial charge in [-0.25, -0.2) is 9.97 Å². The summed E-state index contributed by atoms with van der Waals surface area (Å²) in [4.78, 5) is 11.2. The van der Waals surface area contributed by atoms with Crippen LogP contribution in [0.25, 0.3) is 0 Å². The van der Waals surface area contributed by atoms with E-state index in [4.69, 9.17) is 4.74 Å². The standard InChI is InChI=1S/C13H22N4O/c1-10(2)15-8-11-4-5-14-13(16-11)12-9-17(3)6-7-18-12/h4-5,10,12,15H,6-9H2,1-3H3. The van der Waals surface area contributed by atoms with Crippen LogP contribution in [0.4, 0.5) is 0 Å². The van der Waals surface area contributed by atoms with Crippen LogP contribution < -0.4 is 5.32 Å². The zero-order valence-corrected chi connectivity index (χ0v) is 11.4. The second-order valence-corrected chi connectivity index (χ2v) is 5.06. The SMILES string of the molecule is CC(C)NCc1ccnc(C2CN(C)CCO2)n1. The normalized spacial score (nSPS) is 21.4. The van der Waals surface area contributed by atoms with Crippen molar-refractivity contribution in [2.75, 3.05) is 26.7 Å². The lowest BCUT2D eigenvalue weighted by molar-refractivity contribution is -0.0256. The van der Waals surface area contributed by atoms with Gasteiger partial charge in [0.2, 0.25) is 0 Å². The van der Waals surface area contributed by atoms with Crippen molar-refractivity contribution in [3.63, 3.8) is 0 Å². The highest BCUT2D eigenvalue weighted by atomic mass is 16.5. The zero-order valence-electron chi connectivity index (χ0n) is 11.4. The van der Waals surface area contributed by atoms with Gasteiger partial charge in [-0.05, 0) is 13.1 Å². The van der Waals surface area contributed by atoms with E-state index >= 15 is 0 Å². The largest absolute Gasteiger partial charge is 0.368 e. The molecule has 1 N–H and O–H groups in total. The van der Waals surface area contributed by atoms with Crippen LogP contribution in [0.2, 0.25) is 0 Å². The van der Waals surface area contributed by atoms with Crippen LogP contribution >= 0.6 is 0 Å². The van der Waals surface area contributed by atoms with Crippen LogP contribution in [0.1, 0.15) is 31.5 Å². The second-order valence-electron chi connectivity index (χ2n) is 5.06. The Hall–Kier alpha value is -1.04. The molecule has 0 saturated carbocycles. The Morgan fingerprint density at radius 1 is 1.56 bits per heavy atom. The molecule has 5 heteroatoms. The van der Waals surface area contributed by atoms with Crippen molar-refractivity contribution in [1.82, 2.24) is 20.2 Å². The molecule has 1 aliphatic rings. The third-order valence-corrected chi connectivity index (χ3v) is 2.98. The maximum Gasteiger partial charge on any atom is 0.158 e. The Morgan fingerprint density at radius 3 is 3.11 bits per heavy atom. The molecule has 1 fully saturated rings. The van der Waals surface area contributed by atoms with Crippen LogP contribution in [0.5, 0.6) is 0 Å². The Kier molecular flexibility index (Phi) is 4.63. The molecule has 2 heterocycles. The van der Waals surface area contributed by atoms with Gasteiger partial charge in [0.1, 0.15) is 6.10 Å². The number of likely N-dealkylation sites (N-methyl/N-ethyl adjacent to an activating group) is 1. The summed E-state index contributed by atoms with van der Waals surface area (Å²) in [5, 5.41) is 3.36. The molecular weight excluding hydrogens is 228 g/mol. The maximum absolute atomic E-state index is 5.73. The highest BCUT2D eigenvalue weighted by molar-refractivity contribution is 5.05. The highest BCUT2D eigenvalue weighted by Gasteiger charge is 2.21. The summed E-state index contributed by atoms with van der Waals surface area (Å²) in [7, 11) is 2.10. The summed E-state index contributed by atoms with van der Waals surface area (Å²) in [6.07, 6.45) is 1.82. The molecule has 1 atom stereocenters. The third kappa shape index (κ3) is 3.73. The van der Waals surface area contributed by atoms with E-state index in [1.165, 1.54) is 0 Å². The fourth-order valence-electron chi connectivity index (χ4n) is 1.91. The van der Waals surface area contributed by atoms with E-state index in [2.05, 4.69) is 41.1 Å². The number of aromatic nitrogens is 2. The third-order valence-electron chi connectivity index (χ3n) is 2.98. The number of nitrogens with one attached hydrogen (secondary N) is 1. The minimum absolute atomic E-state index is 0.00255. The van der Waals surface area contributed by atoms with Gasteiger partial charge in [-0.3, -0.25) is 0 Å². The first-order valence-corrected chi connectivity index (χ1v) is 6.50. The maximum atomic E-state index is 5.73. The minimum atomic E-state index is 0.00255. The summed E-state index contributed by atoms with van der Waals surface area (Å²) in [5.74, 6) is 0.796. The number of rotatable bonds is 4. The average molecular weight is 250 g/mol. The van der Waals surface area contributed by atoms with E-state index in [1.807, 2.05) is 12.3 Å². The number of ether oxygens (including phenoxy) is 1. The molecule has 0 aromatic carbocycles. The monoisotopic (exact) mass is 250 g/mol. The van der Waals surface area contributed by atoms with Crippen LogP contribution in [-0.4, -0.2) is 47.7 Å². The first-order chi connectivity index (χ1) is 8.65. The summed E-state index contributed by atoms with van der Waals surface area (Å²) < 4.78 is 5.73. The zero-order chi connectivity index (χ0) is 13.0. The predicted molar refractivity (Wildman–Crippen MR) is 70.2 cm³/mol. The Balaban J connectivity index is 2.02. The number of hydrogen-bond donors (Lipinski definition) is 1. The number of morpholine rings is 1. The molecule has 0 spiro atoms. The molecule has 1 aromatic rings. The summed E-state index contributed by atoms with van der Waals surface area (Å²) in [6, 6.07) is 2.41. The van der Waals surface area contributed by atoms with Crippen molar-refractivity contribution in [2.24, 2.45) is 0 Å². The minimum Gasteiger partial charge on any atom is -0.368 e. The highest BCUT2D eigenvalue weighted by Crippen LogP contribution is 2.17. The van der Waals surface area contributed by atoms with Crippen molar-refractivity contribution in [1.29, 1.82) is 0 Å². The van der Waals surface area contributed by atoms with Crippen LogP contribution in [-0.2, 0) is 11.3 Å². The van der Waals surface area contributed by atoms with Gasteiger partial charge in [-0.1, -0.05) is 13.8 Å². The van der Waals surface area contributed by atoms with E-state index in [0.29, 0.717) is 6.04 Å². The van der Waals surface area contributed by atoms with E-state index in [9.17, 15) is 0 Å². The molecule has 1 saturated heterocycles. The smallest absolute Gasteiger partial charge is 0.158 e.